The Hall–Kier alpha value is -1.71. The topological polar surface area (TPSA) is 41.6 Å². The Kier molecular flexibility index (Phi) is 5.64. The second-order valence-electron chi connectivity index (χ2n) is 6.27. The number of anilines is 1. The second kappa shape index (κ2) is 6.83. The lowest BCUT2D eigenvalue weighted by Crippen LogP contribution is -2.38. The number of hydrogen-bond acceptors (Lipinski definition) is 3. The van der Waals surface area contributed by atoms with Crippen LogP contribution in [0.2, 0.25) is 0 Å². The van der Waals surface area contributed by atoms with Gasteiger partial charge >= 0.3 is 6.09 Å². The first-order valence-electron chi connectivity index (χ1n) is 7.47. The molecule has 0 saturated heterocycles. The second-order valence-corrected chi connectivity index (χ2v) is 6.27. The van der Waals surface area contributed by atoms with Gasteiger partial charge in [-0.2, -0.15) is 0 Å². The van der Waals surface area contributed by atoms with Gasteiger partial charge in [0.05, 0.1) is 6.04 Å². The van der Waals surface area contributed by atoms with Gasteiger partial charge in [-0.25, -0.2) is 4.79 Å². The van der Waals surface area contributed by atoms with Gasteiger partial charge in [-0.05, 0) is 58.7 Å². The SMILES string of the molecule is CCN(C(=O)OC(C)(C)C)[C@H](C)c1ccc(C)c(NC)c1. The van der Waals surface area contributed by atoms with Gasteiger partial charge in [0.15, 0.2) is 0 Å². The molecule has 0 aromatic heterocycles. The Balaban J connectivity index is 2.98. The largest absolute Gasteiger partial charge is 0.444 e. The average molecular weight is 292 g/mol. The summed E-state index contributed by atoms with van der Waals surface area (Å²) < 4.78 is 5.49. The van der Waals surface area contributed by atoms with Crippen LogP contribution in [0, 0.1) is 6.92 Å². The van der Waals surface area contributed by atoms with Gasteiger partial charge in [0.2, 0.25) is 0 Å². The minimum atomic E-state index is -0.479. The Morgan fingerprint density at radius 3 is 2.48 bits per heavy atom. The monoisotopic (exact) mass is 292 g/mol. The quantitative estimate of drug-likeness (QED) is 0.896. The molecule has 1 aromatic rings. The summed E-state index contributed by atoms with van der Waals surface area (Å²) in [6.45, 7) is 12.3. The van der Waals surface area contributed by atoms with Crippen molar-refractivity contribution >= 4 is 11.8 Å². The van der Waals surface area contributed by atoms with E-state index in [2.05, 4.69) is 30.4 Å². The van der Waals surface area contributed by atoms with E-state index < -0.39 is 5.60 Å². The minimum absolute atomic E-state index is 0.0300. The number of hydrogen-bond donors (Lipinski definition) is 1. The number of amides is 1. The van der Waals surface area contributed by atoms with Gasteiger partial charge in [0.1, 0.15) is 5.60 Å². The van der Waals surface area contributed by atoms with E-state index in [0.717, 1.165) is 11.3 Å². The minimum Gasteiger partial charge on any atom is -0.444 e. The maximum atomic E-state index is 12.3. The highest BCUT2D eigenvalue weighted by atomic mass is 16.6. The summed E-state index contributed by atoms with van der Waals surface area (Å²) in [4.78, 5) is 14.1. The Bertz CT molecular complexity index is 492. The van der Waals surface area contributed by atoms with Crippen LogP contribution in [0.3, 0.4) is 0 Å². The molecular weight excluding hydrogens is 264 g/mol. The number of aryl methyl sites for hydroxylation is 1. The summed E-state index contributed by atoms with van der Waals surface area (Å²) in [5, 5.41) is 3.18. The molecule has 1 aromatic carbocycles. The number of carbonyl (C=O) groups is 1. The van der Waals surface area contributed by atoms with Crippen LogP contribution in [0.4, 0.5) is 10.5 Å². The third-order valence-electron chi connectivity index (χ3n) is 3.45. The molecule has 1 atom stereocenters. The number of rotatable bonds is 4. The van der Waals surface area contributed by atoms with Crippen molar-refractivity contribution in [3.05, 3.63) is 29.3 Å². The summed E-state index contributed by atoms with van der Waals surface area (Å²) in [5.41, 5.74) is 2.89. The van der Waals surface area contributed by atoms with Gasteiger partial charge < -0.3 is 15.0 Å². The van der Waals surface area contributed by atoms with E-state index in [4.69, 9.17) is 4.74 Å². The zero-order valence-corrected chi connectivity index (χ0v) is 14.3. The van der Waals surface area contributed by atoms with Crippen molar-refractivity contribution in [2.24, 2.45) is 0 Å². The molecule has 0 bridgehead atoms. The van der Waals surface area contributed by atoms with Crippen LogP contribution < -0.4 is 5.32 Å². The molecule has 0 heterocycles. The van der Waals surface area contributed by atoms with E-state index in [9.17, 15) is 4.79 Å². The lowest BCUT2D eigenvalue weighted by molar-refractivity contribution is 0.0186. The van der Waals surface area contributed by atoms with E-state index in [1.54, 1.807) is 4.90 Å². The number of carbonyl (C=O) groups excluding carboxylic acids is 1. The fraction of sp³-hybridized carbons (Fsp3) is 0.588. The van der Waals surface area contributed by atoms with Crippen LogP contribution >= 0.6 is 0 Å². The van der Waals surface area contributed by atoms with Crippen molar-refractivity contribution in [3.63, 3.8) is 0 Å². The van der Waals surface area contributed by atoms with E-state index in [1.807, 2.05) is 41.7 Å². The summed E-state index contributed by atoms with van der Waals surface area (Å²) in [6.07, 6.45) is -0.274. The molecule has 118 valence electrons. The third kappa shape index (κ3) is 4.66. The molecule has 0 spiro atoms. The molecule has 0 fully saturated rings. The van der Waals surface area contributed by atoms with Crippen LogP contribution in [-0.2, 0) is 4.74 Å². The van der Waals surface area contributed by atoms with Gasteiger partial charge in [-0.1, -0.05) is 12.1 Å². The average Bonchev–Trinajstić information content (AvgIpc) is 2.37. The molecule has 0 aliphatic rings. The third-order valence-corrected chi connectivity index (χ3v) is 3.45. The lowest BCUT2D eigenvalue weighted by Gasteiger charge is -2.31. The molecule has 1 rings (SSSR count). The van der Waals surface area contributed by atoms with Gasteiger partial charge in [0.25, 0.3) is 0 Å². The maximum absolute atomic E-state index is 12.3. The molecule has 21 heavy (non-hydrogen) atoms. The van der Waals surface area contributed by atoms with Crippen molar-refractivity contribution in [2.75, 3.05) is 18.9 Å². The molecule has 1 N–H and O–H groups in total. The van der Waals surface area contributed by atoms with E-state index in [-0.39, 0.29) is 12.1 Å². The van der Waals surface area contributed by atoms with E-state index in [0.29, 0.717) is 6.54 Å². The molecule has 4 nitrogen and oxygen atoms in total. The van der Waals surface area contributed by atoms with Gasteiger partial charge in [0, 0.05) is 19.3 Å². The Morgan fingerprint density at radius 2 is 2.00 bits per heavy atom. The molecule has 0 radical (unpaired) electrons. The molecule has 1 amide bonds. The summed E-state index contributed by atoms with van der Waals surface area (Å²) in [5.74, 6) is 0. The van der Waals surface area contributed by atoms with Crippen molar-refractivity contribution in [1.82, 2.24) is 4.90 Å². The molecule has 0 aliphatic heterocycles. The first-order chi connectivity index (χ1) is 9.69. The number of nitrogens with zero attached hydrogens (tertiary/aromatic N) is 1. The highest BCUT2D eigenvalue weighted by molar-refractivity contribution is 5.69. The lowest BCUT2D eigenvalue weighted by atomic mass is 10.0. The Labute approximate surface area is 128 Å². The zero-order valence-electron chi connectivity index (χ0n) is 14.3. The van der Waals surface area contributed by atoms with Crippen molar-refractivity contribution in [2.45, 2.75) is 53.2 Å². The van der Waals surface area contributed by atoms with E-state index >= 15 is 0 Å². The zero-order chi connectivity index (χ0) is 16.2. The standard InChI is InChI=1S/C17H28N2O2/c1-8-19(16(20)21-17(4,5)6)13(3)14-10-9-12(2)15(11-14)18-7/h9-11,13,18H,8H2,1-7H3/t13-/m1/s1. The number of ether oxygens (including phenoxy) is 1. The first kappa shape index (κ1) is 17.3. The maximum Gasteiger partial charge on any atom is 0.410 e. The van der Waals surface area contributed by atoms with Crippen LogP contribution in [0.25, 0.3) is 0 Å². The summed E-state index contributed by atoms with van der Waals surface area (Å²) in [7, 11) is 1.90. The summed E-state index contributed by atoms with van der Waals surface area (Å²) in [6, 6.07) is 6.19. The van der Waals surface area contributed by atoms with Crippen molar-refractivity contribution < 1.29 is 9.53 Å². The number of benzene rings is 1. The fourth-order valence-corrected chi connectivity index (χ4v) is 2.23. The summed E-state index contributed by atoms with van der Waals surface area (Å²) >= 11 is 0. The molecule has 4 heteroatoms. The Morgan fingerprint density at radius 1 is 1.38 bits per heavy atom. The van der Waals surface area contributed by atoms with Crippen LogP contribution in [0.1, 0.15) is 51.8 Å². The van der Waals surface area contributed by atoms with E-state index in [1.165, 1.54) is 5.56 Å². The predicted molar refractivity (Wildman–Crippen MR) is 87.8 cm³/mol. The molecule has 0 saturated carbocycles. The highest BCUT2D eigenvalue weighted by Gasteiger charge is 2.25. The predicted octanol–water partition coefficient (Wildman–Crippen LogP) is 4.35. The highest BCUT2D eigenvalue weighted by Crippen LogP contribution is 2.26. The van der Waals surface area contributed by atoms with Crippen LogP contribution in [0.5, 0.6) is 0 Å². The van der Waals surface area contributed by atoms with Gasteiger partial charge in [-0.3, -0.25) is 0 Å². The molecule has 0 aliphatic carbocycles. The van der Waals surface area contributed by atoms with Gasteiger partial charge in [-0.15, -0.1) is 0 Å². The smallest absolute Gasteiger partial charge is 0.410 e. The normalized spacial score (nSPS) is 12.7. The molecule has 0 unspecified atom stereocenters. The fourth-order valence-electron chi connectivity index (χ4n) is 2.23. The number of nitrogens with one attached hydrogen (secondary N) is 1. The van der Waals surface area contributed by atoms with Crippen molar-refractivity contribution in [3.8, 4) is 0 Å². The van der Waals surface area contributed by atoms with Crippen LogP contribution in [-0.4, -0.2) is 30.2 Å². The molecular formula is C17H28N2O2. The van der Waals surface area contributed by atoms with Crippen molar-refractivity contribution in [1.29, 1.82) is 0 Å². The first-order valence-corrected chi connectivity index (χ1v) is 7.47. The van der Waals surface area contributed by atoms with Crippen LogP contribution in [0.15, 0.2) is 18.2 Å².